The van der Waals surface area contributed by atoms with Gasteiger partial charge in [-0.15, -0.1) is 0 Å². The molecule has 0 unspecified atom stereocenters. The highest BCUT2D eigenvalue weighted by molar-refractivity contribution is 6.02. The lowest BCUT2D eigenvalue weighted by Gasteiger charge is -2.21. The van der Waals surface area contributed by atoms with Crippen molar-refractivity contribution in [2.75, 3.05) is 23.3 Å². The van der Waals surface area contributed by atoms with Crippen LogP contribution in [0.1, 0.15) is 30.1 Å². The van der Waals surface area contributed by atoms with E-state index in [1.165, 1.54) is 0 Å². The third kappa shape index (κ3) is 3.17. The summed E-state index contributed by atoms with van der Waals surface area (Å²) in [6.45, 7) is 7.93. The molecule has 2 aromatic rings. The number of carbonyl (C=O) groups is 1. The van der Waals surface area contributed by atoms with Crippen molar-refractivity contribution in [3.05, 3.63) is 41.8 Å². The summed E-state index contributed by atoms with van der Waals surface area (Å²) < 4.78 is 4.92. The fourth-order valence-corrected chi connectivity index (χ4v) is 2.01. The fourth-order valence-electron chi connectivity index (χ4n) is 2.01. The molecule has 2 rings (SSSR count). The van der Waals surface area contributed by atoms with Crippen LogP contribution in [0, 0.1) is 6.92 Å². The van der Waals surface area contributed by atoms with E-state index in [1.807, 2.05) is 24.3 Å². The van der Waals surface area contributed by atoms with Crippen LogP contribution in [0.2, 0.25) is 0 Å². The summed E-state index contributed by atoms with van der Waals surface area (Å²) in [7, 11) is 0. The molecule has 1 amide bonds. The van der Waals surface area contributed by atoms with E-state index in [0.717, 1.165) is 24.5 Å². The lowest BCUT2D eigenvalue weighted by atomic mass is 10.2. The van der Waals surface area contributed by atoms with Gasteiger partial charge in [0.1, 0.15) is 0 Å². The van der Waals surface area contributed by atoms with Crippen molar-refractivity contribution in [2.24, 2.45) is 0 Å². The molecule has 0 fully saturated rings. The minimum Gasteiger partial charge on any atom is -0.372 e. The number of benzene rings is 1. The quantitative estimate of drug-likeness (QED) is 0.909. The Labute approximate surface area is 118 Å². The average molecular weight is 273 g/mol. The van der Waals surface area contributed by atoms with Gasteiger partial charge in [0, 0.05) is 30.5 Å². The normalized spacial score (nSPS) is 10.3. The van der Waals surface area contributed by atoms with Crippen molar-refractivity contribution in [1.29, 1.82) is 0 Å². The second-order valence-corrected chi connectivity index (χ2v) is 4.51. The smallest absolute Gasteiger partial charge is 0.294 e. The second-order valence-electron chi connectivity index (χ2n) is 4.51. The first-order valence-electron chi connectivity index (χ1n) is 6.73. The highest BCUT2D eigenvalue weighted by atomic mass is 16.5. The topological polar surface area (TPSA) is 58.4 Å². The van der Waals surface area contributed by atoms with Gasteiger partial charge in [0.2, 0.25) is 5.76 Å². The molecule has 106 valence electrons. The summed E-state index contributed by atoms with van der Waals surface area (Å²) >= 11 is 0. The monoisotopic (exact) mass is 273 g/mol. The van der Waals surface area contributed by atoms with Crippen molar-refractivity contribution in [3.8, 4) is 0 Å². The minimum absolute atomic E-state index is 0.218. The molecule has 20 heavy (non-hydrogen) atoms. The van der Waals surface area contributed by atoms with Gasteiger partial charge < -0.3 is 14.7 Å². The van der Waals surface area contributed by atoms with Crippen molar-refractivity contribution < 1.29 is 9.32 Å². The Bertz CT molecular complexity index is 571. The molecule has 1 aromatic heterocycles. The largest absolute Gasteiger partial charge is 0.372 e. The van der Waals surface area contributed by atoms with Crippen LogP contribution in [-0.2, 0) is 0 Å². The molecule has 0 atom stereocenters. The number of nitrogens with zero attached hydrogens (tertiary/aromatic N) is 2. The molecule has 0 bridgehead atoms. The van der Waals surface area contributed by atoms with Crippen LogP contribution in [0.25, 0.3) is 0 Å². The van der Waals surface area contributed by atoms with Crippen molar-refractivity contribution in [3.63, 3.8) is 0 Å². The molecule has 0 saturated heterocycles. The summed E-state index contributed by atoms with van der Waals surface area (Å²) in [5, 5.41) is 6.48. The predicted octanol–water partition coefficient (Wildman–Crippen LogP) is 3.08. The first-order valence-corrected chi connectivity index (χ1v) is 6.73. The van der Waals surface area contributed by atoms with Gasteiger partial charge in [0.15, 0.2) is 0 Å². The molecule has 0 aliphatic heterocycles. The Morgan fingerprint density at radius 3 is 2.40 bits per heavy atom. The maximum Gasteiger partial charge on any atom is 0.294 e. The molecule has 1 aromatic carbocycles. The van der Waals surface area contributed by atoms with Gasteiger partial charge >= 0.3 is 0 Å². The van der Waals surface area contributed by atoms with Crippen LogP contribution in [0.5, 0.6) is 0 Å². The molecular weight excluding hydrogens is 254 g/mol. The lowest BCUT2D eigenvalue weighted by molar-refractivity contribution is 0.0988. The van der Waals surface area contributed by atoms with E-state index < -0.39 is 0 Å². The number of anilines is 2. The number of amides is 1. The minimum atomic E-state index is -0.291. The van der Waals surface area contributed by atoms with E-state index >= 15 is 0 Å². The Hall–Kier alpha value is -2.30. The maximum absolute atomic E-state index is 11.9. The van der Waals surface area contributed by atoms with Crippen LogP contribution in [-0.4, -0.2) is 24.2 Å². The first-order chi connectivity index (χ1) is 9.63. The number of rotatable bonds is 5. The fraction of sp³-hybridized carbons (Fsp3) is 0.333. The Morgan fingerprint density at radius 2 is 1.90 bits per heavy atom. The molecule has 0 saturated carbocycles. The van der Waals surface area contributed by atoms with E-state index in [0.29, 0.717) is 5.69 Å². The van der Waals surface area contributed by atoms with Gasteiger partial charge in [0.25, 0.3) is 5.91 Å². The second kappa shape index (κ2) is 6.23. The standard InChI is InChI=1S/C15H19N3O2/c1-4-18(5-2)13-8-6-12(7-9-13)16-15(19)14-10-11(3)17-20-14/h6-10H,4-5H2,1-3H3,(H,16,19). The molecular formula is C15H19N3O2. The van der Waals surface area contributed by atoms with Crippen molar-refractivity contribution >= 4 is 17.3 Å². The van der Waals surface area contributed by atoms with E-state index in [1.54, 1.807) is 13.0 Å². The highest BCUT2D eigenvalue weighted by Gasteiger charge is 2.11. The number of carbonyl (C=O) groups excluding carboxylic acids is 1. The molecule has 5 heteroatoms. The molecule has 0 spiro atoms. The van der Waals surface area contributed by atoms with E-state index in [-0.39, 0.29) is 11.7 Å². The number of hydrogen-bond donors (Lipinski definition) is 1. The molecule has 5 nitrogen and oxygen atoms in total. The van der Waals surface area contributed by atoms with E-state index in [2.05, 4.69) is 29.2 Å². The predicted molar refractivity (Wildman–Crippen MR) is 79.2 cm³/mol. The van der Waals surface area contributed by atoms with E-state index in [9.17, 15) is 4.79 Å². The van der Waals surface area contributed by atoms with Crippen LogP contribution < -0.4 is 10.2 Å². The first kappa shape index (κ1) is 14.1. The molecule has 0 aliphatic rings. The Kier molecular flexibility index (Phi) is 4.40. The molecule has 0 aliphatic carbocycles. The van der Waals surface area contributed by atoms with Crippen molar-refractivity contribution in [2.45, 2.75) is 20.8 Å². The lowest BCUT2D eigenvalue weighted by Crippen LogP contribution is -2.21. The van der Waals surface area contributed by atoms with Crippen LogP contribution in [0.4, 0.5) is 11.4 Å². The van der Waals surface area contributed by atoms with Crippen LogP contribution in [0.15, 0.2) is 34.9 Å². The average Bonchev–Trinajstić information content (AvgIpc) is 2.89. The number of aryl methyl sites for hydroxylation is 1. The van der Waals surface area contributed by atoms with Gasteiger partial charge in [-0.25, -0.2) is 0 Å². The van der Waals surface area contributed by atoms with Crippen LogP contribution in [0.3, 0.4) is 0 Å². The highest BCUT2D eigenvalue weighted by Crippen LogP contribution is 2.18. The third-order valence-corrected chi connectivity index (χ3v) is 3.11. The zero-order chi connectivity index (χ0) is 14.5. The summed E-state index contributed by atoms with van der Waals surface area (Å²) in [5.74, 6) is -0.0727. The molecule has 0 radical (unpaired) electrons. The SMILES string of the molecule is CCN(CC)c1ccc(NC(=O)c2cc(C)no2)cc1. The number of nitrogens with one attached hydrogen (secondary N) is 1. The number of aromatic nitrogens is 1. The third-order valence-electron chi connectivity index (χ3n) is 3.11. The molecule has 1 heterocycles. The van der Waals surface area contributed by atoms with Crippen LogP contribution >= 0.6 is 0 Å². The summed E-state index contributed by atoms with van der Waals surface area (Å²) in [6, 6.07) is 9.37. The number of hydrogen-bond acceptors (Lipinski definition) is 4. The van der Waals surface area contributed by atoms with Gasteiger partial charge in [-0.05, 0) is 45.0 Å². The maximum atomic E-state index is 11.9. The van der Waals surface area contributed by atoms with Gasteiger partial charge in [0.05, 0.1) is 5.69 Å². The Balaban J connectivity index is 2.05. The van der Waals surface area contributed by atoms with E-state index in [4.69, 9.17) is 4.52 Å². The zero-order valence-electron chi connectivity index (χ0n) is 12.0. The Morgan fingerprint density at radius 1 is 1.25 bits per heavy atom. The van der Waals surface area contributed by atoms with Gasteiger partial charge in [-0.1, -0.05) is 5.16 Å². The van der Waals surface area contributed by atoms with Gasteiger partial charge in [-0.3, -0.25) is 4.79 Å². The molecule has 1 N–H and O–H groups in total. The summed E-state index contributed by atoms with van der Waals surface area (Å²) in [6.07, 6.45) is 0. The van der Waals surface area contributed by atoms with Gasteiger partial charge in [-0.2, -0.15) is 0 Å². The zero-order valence-corrected chi connectivity index (χ0v) is 12.0. The summed E-state index contributed by atoms with van der Waals surface area (Å²) in [4.78, 5) is 14.1. The summed E-state index contributed by atoms with van der Waals surface area (Å²) in [5.41, 5.74) is 2.57. The van der Waals surface area contributed by atoms with Crippen molar-refractivity contribution in [1.82, 2.24) is 5.16 Å².